The maximum Gasteiger partial charge on any atom is 0.302 e. The van der Waals surface area contributed by atoms with Gasteiger partial charge in [0.1, 0.15) is 11.9 Å². The van der Waals surface area contributed by atoms with Gasteiger partial charge in [-0.25, -0.2) is 0 Å². The summed E-state index contributed by atoms with van der Waals surface area (Å²) in [6.07, 6.45) is 2.02. The number of methoxy groups -OCH3 is 1. The van der Waals surface area contributed by atoms with Crippen molar-refractivity contribution in [2.75, 3.05) is 27.2 Å². The average Bonchev–Trinajstić information content (AvgIpc) is 2.88. The van der Waals surface area contributed by atoms with Crippen molar-refractivity contribution in [1.82, 2.24) is 10.2 Å². The van der Waals surface area contributed by atoms with Gasteiger partial charge < -0.3 is 19.7 Å². The van der Waals surface area contributed by atoms with Crippen LogP contribution in [0.3, 0.4) is 0 Å². The molecule has 36 heavy (non-hydrogen) atoms. The van der Waals surface area contributed by atoms with Crippen LogP contribution in [0.1, 0.15) is 42.1 Å². The molecule has 0 spiro atoms. The Bertz CT molecular complexity index is 1270. The largest absolute Gasteiger partial charge is 0.497 e. The van der Waals surface area contributed by atoms with Crippen molar-refractivity contribution in [3.63, 3.8) is 0 Å². The monoisotopic (exact) mass is 486 g/mol. The highest BCUT2D eigenvalue weighted by Crippen LogP contribution is 2.50. The number of esters is 1. The van der Waals surface area contributed by atoms with Gasteiger partial charge >= 0.3 is 5.97 Å². The van der Waals surface area contributed by atoms with Crippen LogP contribution in [0.4, 0.5) is 0 Å². The number of likely N-dealkylation sites (tertiary alicyclic amines) is 1. The molecule has 6 heteroatoms. The number of nitrogens with zero attached hydrogens (tertiary/aromatic N) is 1. The van der Waals surface area contributed by atoms with Crippen LogP contribution < -0.4 is 10.1 Å². The summed E-state index contributed by atoms with van der Waals surface area (Å²) in [5, 5.41) is 5.44. The highest BCUT2D eigenvalue weighted by molar-refractivity contribution is 5.98. The zero-order chi connectivity index (χ0) is 25.3. The van der Waals surface area contributed by atoms with Gasteiger partial charge in [-0.05, 0) is 67.0 Å². The van der Waals surface area contributed by atoms with Crippen molar-refractivity contribution in [3.05, 3.63) is 77.9 Å². The molecule has 1 N–H and O–H groups in total. The van der Waals surface area contributed by atoms with Crippen molar-refractivity contribution in [3.8, 4) is 5.75 Å². The minimum Gasteiger partial charge on any atom is -0.497 e. The quantitative estimate of drug-likeness (QED) is 0.536. The molecule has 1 heterocycles. The highest BCUT2D eigenvalue weighted by atomic mass is 16.5. The van der Waals surface area contributed by atoms with Gasteiger partial charge in [-0.3, -0.25) is 9.59 Å². The predicted octanol–water partition coefficient (Wildman–Crippen LogP) is 4.56. The molecule has 0 bridgehead atoms. The van der Waals surface area contributed by atoms with Crippen LogP contribution in [-0.4, -0.2) is 56.2 Å². The lowest BCUT2D eigenvalue weighted by atomic mass is 9.57. The summed E-state index contributed by atoms with van der Waals surface area (Å²) in [5.41, 5.74) is 1.58. The number of nitrogens with one attached hydrogen (secondary N) is 1. The van der Waals surface area contributed by atoms with E-state index in [1.165, 1.54) is 12.5 Å². The second-order valence-electron chi connectivity index (χ2n) is 10.3. The van der Waals surface area contributed by atoms with E-state index in [-0.39, 0.29) is 35.4 Å². The van der Waals surface area contributed by atoms with Crippen LogP contribution in [0, 0.1) is 5.92 Å². The number of hydrogen-bond donors (Lipinski definition) is 1. The molecule has 1 amide bonds. The first-order valence-electron chi connectivity index (χ1n) is 12.7. The van der Waals surface area contributed by atoms with Gasteiger partial charge in [0.25, 0.3) is 5.91 Å². The Hall–Kier alpha value is -3.38. The Morgan fingerprint density at radius 2 is 1.83 bits per heavy atom. The maximum atomic E-state index is 13.4. The summed E-state index contributed by atoms with van der Waals surface area (Å²) in [7, 11) is 3.80. The Labute approximate surface area is 212 Å². The summed E-state index contributed by atoms with van der Waals surface area (Å²) in [5.74, 6) is 0.556. The molecule has 0 aromatic heterocycles. The van der Waals surface area contributed by atoms with Crippen molar-refractivity contribution < 1.29 is 19.1 Å². The topological polar surface area (TPSA) is 67.9 Å². The molecule has 188 valence electrons. The van der Waals surface area contributed by atoms with E-state index in [0.717, 1.165) is 42.5 Å². The van der Waals surface area contributed by atoms with Crippen LogP contribution in [0.25, 0.3) is 10.8 Å². The smallest absolute Gasteiger partial charge is 0.302 e. The van der Waals surface area contributed by atoms with Crippen molar-refractivity contribution in [1.29, 1.82) is 0 Å². The minimum absolute atomic E-state index is 0.0977. The zero-order valence-corrected chi connectivity index (χ0v) is 21.2. The number of carbonyl (C=O) groups excluding carboxylic acids is 2. The van der Waals surface area contributed by atoms with E-state index in [1.807, 2.05) is 54.6 Å². The molecule has 1 saturated carbocycles. The molecule has 1 aliphatic carbocycles. The fourth-order valence-corrected chi connectivity index (χ4v) is 6.33. The first kappa shape index (κ1) is 24.3. The predicted molar refractivity (Wildman–Crippen MR) is 140 cm³/mol. The molecule has 0 radical (unpaired) electrons. The van der Waals surface area contributed by atoms with Gasteiger partial charge in [0.2, 0.25) is 0 Å². The number of hydrogen-bond acceptors (Lipinski definition) is 5. The average molecular weight is 487 g/mol. The summed E-state index contributed by atoms with van der Waals surface area (Å²) in [4.78, 5) is 27.8. The van der Waals surface area contributed by atoms with Crippen LogP contribution in [0.2, 0.25) is 0 Å². The van der Waals surface area contributed by atoms with Crippen LogP contribution >= 0.6 is 0 Å². The van der Waals surface area contributed by atoms with Gasteiger partial charge in [0.15, 0.2) is 0 Å². The van der Waals surface area contributed by atoms with E-state index >= 15 is 0 Å². The van der Waals surface area contributed by atoms with Gasteiger partial charge in [0, 0.05) is 42.8 Å². The first-order chi connectivity index (χ1) is 17.4. The molecule has 5 rings (SSSR count). The van der Waals surface area contributed by atoms with Crippen molar-refractivity contribution in [2.45, 2.75) is 43.7 Å². The molecule has 2 fully saturated rings. The summed E-state index contributed by atoms with van der Waals surface area (Å²) in [6.45, 7) is 3.24. The SMILES string of the molecule is COc1cccc([C@@]23CCN(C)C[C@H]2C(OC(C)=O)C[C@@H](NC(=O)c2ccc4ccccc4c2)C3)c1. The third-order valence-corrected chi connectivity index (χ3v) is 8.04. The van der Waals surface area contributed by atoms with Crippen LogP contribution in [0.5, 0.6) is 5.75 Å². The molecular weight excluding hydrogens is 452 g/mol. The molecular formula is C30H34N2O4. The van der Waals surface area contributed by atoms with Crippen LogP contribution in [0.15, 0.2) is 66.7 Å². The Morgan fingerprint density at radius 1 is 1.03 bits per heavy atom. The third-order valence-electron chi connectivity index (χ3n) is 8.04. The Balaban J connectivity index is 1.48. The van der Waals surface area contributed by atoms with Gasteiger partial charge in [-0.1, -0.05) is 42.5 Å². The molecule has 3 aromatic carbocycles. The Kier molecular flexibility index (Phi) is 6.71. The number of fused-ring (bicyclic) bond motifs is 2. The summed E-state index contributed by atoms with van der Waals surface area (Å²) >= 11 is 0. The number of piperidine rings is 1. The molecule has 3 aromatic rings. The number of ether oxygens (including phenoxy) is 2. The standard InChI is InChI=1S/C30H34N2O4/c1-20(33)36-28-17-25(31-29(34)23-12-11-21-7-4-5-8-22(21)15-23)18-30(13-14-32(2)19-27(28)30)24-9-6-10-26(16-24)35-3/h4-12,15-16,25,27-28H,13-14,17-19H2,1-3H3,(H,31,34)/t25-,27+,28?,30+/m1/s1. The second kappa shape index (κ2) is 9.94. The van der Waals surface area contributed by atoms with E-state index in [2.05, 4.69) is 29.4 Å². The molecule has 2 aliphatic rings. The normalized spacial score (nSPS) is 26.1. The van der Waals surface area contributed by atoms with Crippen molar-refractivity contribution >= 4 is 22.6 Å². The van der Waals surface area contributed by atoms with E-state index in [9.17, 15) is 9.59 Å². The number of amides is 1. The zero-order valence-electron chi connectivity index (χ0n) is 21.2. The second-order valence-corrected chi connectivity index (χ2v) is 10.3. The van der Waals surface area contributed by atoms with Crippen LogP contribution in [-0.2, 0) is 14.9 Å². The lowest BCUT2D eigenvalue weighted by Crippen LogP contribution is -2.61. The van der Waals surface area contributed by atoms with Gasteiger partial charge in [0.05, 0.1) is 7.11 Å². The van der Waals surface area contributed by atoms with E-state index < -0.39 is 0 Å². The van der Waals surface area contributed by atoms with E-state index in [0.29, 0.717) is 12.0 Å². The summed E-state index contributed by atoms with van der Waals surface area (Å²) in [6, 6.07) is 21.9. The molecule has 1 aliphatic heterocycles. The molecule has 1 saturated heterocycles. The lowest BCUT2D eigenvalue weighted by Gasteiger charge is -2.55. The highest BCUT2D eigenvalue weighted by Gasteiger charge is 2.53. The van der Waals surface area contributed by atoms with Crippen molar-refractivity contribution in [2.24, 2.45) is 5.92 Å². The molecule has 1 unspecified atom stereocenters. The first-order valence-corrected chi connectivity index (χ1v) is 12.7. The van der Waals surface area contributed by atoms with Gasteiger partial charge in [-0.2, -0.15) is 0 Å². The minimum atomic E-state index is -0.285. The summed E-state index contributed by atoms with van der Waals surface area (Å²) < 4.78 is 11.5. The lowest BCUT2D eigenvalue weighted by molar-refractivity contribution is -0.156. The molecule has 6 nitrogen and oxygen atoms in total. The van der Waals surface area contributed by atoms with E-state index in [4.69, 9.17) is 9.47 Å². The third kappa shape index (κ3) is 4.70. The van der Waals surface area contributed by atoms with Gasteiger partial charge in [-0.15, -0.1) is 0 Å². The maximum absolute atomic E-state index is 13.4. The fraction of sp³-hybridized carbons (Fsp3) is 0.400. The number of carbonyl (C=O) groups is 2. The number of benzene rings is 3. The number of rotatable bonds is 5. The fourth-order valence-electron chi connectivity index (χ4n) is 6.33. The Morgan fingerprint density at radius 3 is 2.61 bits per heavy atom. The molecule has 4 atom stereocenters. The van der Waals surface area contributed by atoms with E-state index in [1.54, 1.807) is 7.11 Å².